The lowest BCUT2D eigenvalue weighted by Gasteiger charge is -2.11. The summed E-state index contributed by atoms with van der Waals surface area (Å²) in [6.45, 7) is 2.54. The SMILES string of the molecule is CCNc1nc(Oc2cc(Br)ccc2F)c(Cl)cc1Cl. The summed E-state index contributed by atoms with van der Waals surface area (Å²) in [6.07, 6.45) is 0. The number of hydrogen-bond acceptors (Lipinski definition) is 3. The van der Waals surface area contributed by atoms with Crippen LogP contribution in [0, 0.1) is 5.82 Å². The number of nitrogens with one attached hydrogen (secondary N) is 1. The van der Waals surface area contributed by atoms with Crippen molar-refractivity contribution >= 4 is 44.9 Å². The highest BCUT2D eigenvalue weighted by molar-refractivity contribution is 9.10. The van der Waals surface area contributed by atoms with Crippen LogP contribution in [0.5, 0.6) is 11.6 Å². The first-order chi connectivity index (χ1) is 9.51. The Morgan fingerprint density at radius 2 is 2.05 bits per heavy atom. The van der Waals surface area contributed by atoms with Gasteiger partial charge in [0.15, 0.2) is 11.6 Å². The normalized spacial score (nSPS) is 10.4. The van der Waals surface area contributed by atoms with Crippen LogP contribution >= 0.6 is 39.1 Å². The highest BCUT2D eigenvalue weighted by atomic mass is 79.9. The Labute approximate surface area is 134 Å². The van der Waals surface area contributed by atoms with E-state index in [9.17, 15) is 4.39 Å². The number of pyridine rings is 1. The molecule has 20 heavy (non-hydrogen) atoms. The fourth-order valence-electron chi connectivity index (χ4n) is 1.47. The maximum Gasteiger partial charge on any atom is 0.240 e. The molecule has 0 aliphatic rings. The van der Waals surface area contributed by atoms with E-state index in [0.717, 1.165) is 0 Å². The van der Waals surface area contributed by atoms with E-state index in [1.54, 1.807) is 6.07 Å². The average Bonchev–Trinajstić information content (AvgIpc) is 2.39. The van der Waals surface area contributed by atoms with E-state index in [0.29, 0.717) is 21.9 Å². The van der Waals surface area contributed by atoms with Gasteiger partial charge in [0.1, 0.15) is 10.8 Å². The van der Waals surface area contributed by atoms with Crippen LogP contribution in [0.4, 0.5) is 10.2 Å². The molecule has 2 aromatic rings. The molecule has 0 unspecified atom stereocenters. The highest BCUT2D eigenvalue weighted by Gasteiger charge is 2.13. The van der Waals surface area contributed by atoms with E-state index in [1.165, 1.54) is 18.2 Å². The van der Waals surface area contributed by atoms with Crippen LogP contribution < -0.4 is 10.1 Å². The van der Waals surface area contributed by atoms with Crippen LogP contribution in [0.1, 0.15) is 6.92 Å². The maximum atomic E-state index is 13.7. The molecule has 0 amide bonds. The first-order valence-corrected chi connectivity index (χ1v) is 7.29. The first-order valence-electron chi connectivity index (χ1n) is 5.74. The molecule has 1 aromatic carbocycles. The molecule has 0 saturated heterocycles. The minimum Gasteiger partial charge on any atom is -0.434 e. The number of ether oxygens (including phenoxy) is 1. The predicted octanol–water partition coefficient (Wildman–Crippen LogP) is 5.51. The van der Waals surface area contributed by atoms with Crippen LogP contribution in [0.15, 0.2) is 28.7 Å². The minimum absolute atomic E-state index is 0.0264. The van der Waals surface area contributed by atoms with Crippen LogP contribution in [0.2, 0.25) is 10.0 Å². The van der Waals surface area contributed by atoms with Gasteiger partial charge in [-0.25, -0.2) is 4.39 Å². The van der Waals surface area contributed by atoms with Crippen LogP contribution in [0.3, 0.4) is 0 Å². The molecule has 1 N–H and O–H groups in total. The summed E-state index contributed by atoms with van der Waals surface area (Å²) in [6, 6.07) is 5.85. The largest absolute Gasteiger partial charge is 0.434 e. The van der Waals surface area contributed by atoms with Gasteiger partial charge in [0.2, 0.25) is 5.88 Å². The minimum atomic E-state index is -0.508. The molecule has 106 valence electrons. The highest BCUT2D eigenvalue weighted by Crippen LogP contribution is 2.35. The van der Waals surface area contributed by atoms with Gasteiger partial charge in [0.05, 0.1) is 5.02 Å². The third-order valence-corrected chi connectivity index (χ3v) is 3.39. The van der Waals surface area contributed by atoms with Gasteiger partial charge in [0.25, 0.3) is 0 Å². The number of anilines is 1. The number of hydrogen-bond donors (Lipinski definition) is 1. The molecule has 0 radical (unpaired) electrons. The van der Waals surface area contributed by atoms with Crippen molar-refractivity contribution in [1.29, 1.82) is 0 Å². The Balaban J connectivity index is 2.37. The van der Waals surface area contributed by atoms with Crippen molar-refractivity contribution in [3.05, 3.63) is 44.6 Å². The molecule has 0 atom stereocenters. The Kier molecular flexibility index (Phi) is 5.07. The zero-order valence-corrected chi connectivity index (χ0v) is 13.5. The molecule has 0 saturated carbocycles. The summed E-state index contributed by atoms with van der Waals surface area (Å²) in [5.74, 6) is 0.0394. The zero-order chi connectivity index (χ0) is 14.7. The fourth-order valence-corrected chi connectivity index (χ4v) is 2.28. The molecule has 0 fully saturated rings. The molecular weight excluding hydrogens is 370 g/mol. The van der Waals surface area contributed by atoms with Gasteiger partial charge in [-0.1, -0.05) is 39.1 Å². The molecular formula is C13H10BrCl2FN2O. The van der Waals surface area contributed by atoms with Crippen molar-refractivity contribution in [3.63, 3.8) is 0 Å². The van der Waals surface area contributed by atoms with Crippen molar-refractivity contribution in [2.45, 2.75) is 6.92 Å². The van der Waals surface area contributed by atoms with Crippen molar-refractivity contribution in [3.8, 4) is 11.6 Å². The monoisotopic (exact) mass is 378 g/mol. The third-order valence-electron chi connectivity index (χ3n) is 2.34. The fraction of sp³-hybridized carbons (Fsp3) is 0.154. The number of aromatic nitrogens is 1. The number of rotatable bonds is 4. The Morgan fingerprint density at radius 1 is 1.30 bits per heavy atom. The maximum absolute atomic E-state index is 13.7. The van der Waals surface area contributed by atoms with Crippen LogP contribution in [-0.2, 0) is 0 Å². The van der Waals surface area contributed by atoms with Crippen molar-refractivity contribution in [2.24, 2.45) is 0 Å². The van der Waals surface area contributed by atoms with Crippen molar-refractivity contribution < 1.29 is 9.13 Å². The van der Waals surface area contributed by atoms with Crippen molar-refractivity contribution in [2.75, 3.05) is 11.9 Å². The summed E-state index contributed by atoms with van der Waals surface area (Å²) >= 11 is 15.2. The van der Waals surface area contributed by atoms with E-state index in [2.05, 4.69) is 26.2 Å². The average molecular weight is 380 g/mol. The van der Waals surface area contributed by atoms with E-state index in [-0.39, 0.29) is 16.7 Å². The second-order valence-corrected chi connectivity index (χ2v) is 5.54. The van der Waals surface area contributed by atoms with Crippen molar-refractivity contribution in [1.82, 2.24) is 4.98 Å². The van der Waals surface area contributed by atoms with E-state index in [4.69, 9.17) is 27.9 Å². The molecule has 1 aromatic heterocycles. The standard InChI is InChI=1S/C13H10BrCl2FN2O/c1-2-18-12-8(15)6-9(16)13(19-12)20-11-5-7(14)3-4-10(11)17/h3-6H,2H2,1H3,(H,18,19). The third kappa shape index (κ3) is 3.53. The summed E-state index contributed by atoms with van der Waals surface area (Å²) < 4.78 is 19.8. The predicted molar refractivity (Wildman–Crippen MR) is 82.6 cm³/mol. The molecule has 3 nitrogen and oxygen atoms in total. The number of benzene rings is 1. The summed E-state index contributed by atoms with van der Waals surface area (Å²) in [4.78, 5) is 4.15. The van der Waals surface area contributed by atoms with Gasteiger partial charge < -0.3 is 10.1 Å². The molecule has 0 bridgehead atoms. The lowest BCUT2D eigenvalue weighted by molar-refractivity contribution is 0.428. The zero-order valence-electron chi connectivity index (χ0n) is 10.4. The second kappa shape index (κ2) is 6.61. The van der Waals surface area contributed by atoms with Gasteiger partial charge in [-0.2, -0.15) is 4.98 Å². The van der Waals surface area contributed by atoms with Gasteiger partial charge >= 0.3 is 0 Å². The Hall–Kier alpha value is -1.04. The van der Waals surface area contributed by atoms with Gasteiger partial charge in [-0.3, -0.25) is 0 Å². The lowest BCUT2D eigenvalue weighted by atomic mass is 10.3. The first kappa shape index (κ1) is 15.4. The van der Waals surface area contributed by atoms with Gasteiger partial charge in [0, 0.05) is 11.0 Å². The molecule has 0 aliphatic carbocycles. The second-order valence-electron chi connectivity index (χ2n) is 3.81. The van der Waals surface area contributed by atoms with Gasteiger partial charge in [-0.05, 0) is 31.2 Å². The van der Waals surface area contributed by atoms with E-state index < -0.39 is 5.82 Å². The topological polar surface area (TPSA) is 34.2 Å². The summed E-state index contributed by atoms with van der Waals surface area (Å²) in [5, 5.41) is 3.55. The molecule has 7 heteroatoms. The van der Waals surface area contributed by atoms with E-state index in [1.807, 2.05) is 6.92 Å². The molecule has 0 aliphatic heterocycles. The van der Waals surface area contributed by atoms with Gasteiger partial charge in [-0.15, -0.1) is 0 Å². The number of nitrogens with zero attached hydrogens (tertiary/aromatic N) is 1. The number of halogens is 4. The molecule has 1 heterocycles. The quantitative estimate of drug-likeness (QED) is 0.759. The smallest absolute Gasteiger partial charge is 0.240 e. The molecule has 0 spiro atoms. The van der Waals surface area contributed by atoms with Crippen LogP contribution in [-0.4, -0.2) is 11.5 Å². The summed E-state index contributed by atoms with van der Waals surface area (Å²) in [7, 11) is 0. The van der Waals surface area contributed by atoms with Crippen LogP contribution in [0.25, 0.3) is 0 Å². The Morgan fingerprint density at radius 3 is 2.75 bits per heavy atom. The van der Waals surface area contributed by atoms with E-state index >= 15 is 0 Å². The summed E-state index contributed by atoms with van der Waals surface area (Å²) in [5.41, 5.74) is 0. The Bertz CT molecular complexity index is 640. The lowest BCUT2D eigenvalue weighted by Crippen LogP contribution is -2.02. The molecule has 2 rings (SSSR count).